The smallest absolute Gasteiger partial charge is 0.430 e. The van der Waals surface area contributed by atoms with Gasteiger partial charge >= 0.3 is 12.2 Å². The summed E-state index contributed by atoms with van der Waals surface area (Å²) in [4.78, 5) is 39.4. The Morgan fingerprint density at radius 3 is 2.38 bits per heavy atom. The van der Waals surface area contributed by atoms with Crippen molar-refractivity contribution >= 4 is 33.9 Å². The molecular weight excluding hydrogens is 480 g/mol. The molecule has 32 heavy (non-hydrogen) atoms. The summed E-state index contributed by atoms with van der Waals surface area (Å²) in [5.74, 6) is -0.656. The van der Waals surface area contributed by atoms with Gasteiger partial charge < -0.3 is 14.2 Å². The molecule has 1 aliphatic carbocycles. The third-order valence-electron chi connectivity index (χ3n) is 5.44. The molecule has 0 bridgehead atoms. The van der Waals surface area contributed by atoms with E-state index in [2.05, 4.69) is 21.4 Å². The average Bonchev–Trinajstić information content (AvgIpc) is 2.94. The number of nitrogens with one attached hydrogen (secondary N) is 1. The van der Waals surface area contributed by atoms with Gasteiger partial charge in [0.1, 0.15) is 5.54 Å². The molecule has 9 heteroatoms. The van der Waals surface area contributed by atoms with Gasteiger partial charge in [-0.2, -0.15) is 0 Å². The second-order valence-electron chi connectivity index (χ2n) is 8.60. The molecule has 0 unspecified atom stereocenters. The number of hydrazine groups is 1. The highest BCUT2D eigenvalue weighted by atomic mass is 79.9. The predicted octanol–water partition coefficient (Wildman–Crippen LogP) is 4.84. The van der Waals surface area contributed by atoms with Gasteiger partial charge in [0.15, 0.2) is 5.76 Å². The lowest BCUT2D eigenvalue weighted by Crippen LogP contribution is -2.64. The van der Waals surface area contributed by atoms with E-state index in [1.54, 1.807) is 34.6 Å². The van der Waals surface area contributed by atoms with Gasteiger partial charge in [-0.3, -0.25) is 4.79 Å². The number of amides is 2. The van der Waals surface area contributed by atoms with Crippen molar-refractivity contribution in [2.24, 2.45) is 0 Å². The normalized spacial score (nSPS) is 22.5. The summed E-state index contributed by atoms with van der Waals surface area (Å²) in [6.07, 6.45) is -1.16. The van der Waals surface area contributed by atoms with Gasteiger partial charge in [-0.25, -0.2) is 20.0 Å². The van der Waals surface area contributed by atoms with Crippen LogP contribution in [-0.2, 0) is 19.0 Å². The van der Waals surface area contributed by atoms with E-state index < -0.39 is 35.9 Å². The number of rotatable bonds is 4. The zero-order valence-corrected chi connectivity index (χ0v) is 20.5. The molecule has 0 saturated heterocycles. The molecule has 0 fully saturated rings. The van der Waals surface area contributed by atoms with Crippen molar-refractivity contribution in [3.05, 3.63) is 45.6 Å². The zero-order chi connectivity index (χ0) is 23.6. The first-order valence-corrected chi connectivity index (χ1v) is 11.5. The molecule has 174 valence electrons. The molecule has 0 radical (unpaired) electrons. The SMILES string of the molecule is CC(C)OC(=O)NN(C(=O)OC(C)C)[C@]1(C)C(=O)C2=C(CCCO2)[C@H]1c1ccc(Br)cc1. The van der Waals surface area contributed by atoms with E-state index in [1.807, 2.05) is 24.3 Å². The highest BCUT2D eigenvalue weighted by Crippen LogP contribution is 2.50. The minimum atomic E-state index is -1.51. The number of ether oxygens (including phenoxy) is 3. The van der Waals surface area contributed by atoms with Crippen LogP contribution in [0.1, 0.15) is 58.9 Å². The summed E-state index contributed by atoms with van der Waals surface area (Å²) in [6, 6.07) is 7.53. The molecule has 3 rings (SSSR count). The van der Waals surface area contributed by atoms with Crippen molar-refractivity contribution in [1.29, 1.82) is 0 Å². The fraction of sp³-hybridized carbons (Fsp3) is 0.522. The zero-order valence-electron chi connectivity index (χ0n) is 18.9. The van der Waals surface area contributed by atoms with E-state index in [4.69, 9.17) is 14.2 Å². The standard InChI is InChI=1S/C23H29BrN2O6/c1-13(2)31-21(28)25-26(22(29)32-14(3)4)23(5)18(15-8-10-16(24)11-9-15)17-7-6-12-30-19(17)20(23)27/h8-11,13-14,18H,6-7,12H2,1-5H3,(H,25,28)/t18-,23+/m1/s1. The first-order valence-electron chi connectivity index (χ1n) is 10.7. The second-order valence-corrected chi connectivity index (χ2v) is 9.52. The molecular formula is C23H29BrN2O6. The van der Waals surface area contributed by atoms with Crippen molar-refractivity contribution in [2.45, 2.75) is 71.1 Å². The minimum Gasteiger partial charge on any atom is -0.490 e. The Balaban J connectivity index is 2.11. The Labute approximate surface area is 196 Å². The Kier molecular flexibility index (Phi) is 7.17. The molecule has 1 aromatic rings. The predicted molar refractivity (Wildman–Crippen MR) is 121 cm³/mol. The second kappa shape index (κ2) is 9.52. The minimum absolute atomic E-state index is 0.257. The van der Waals surface area contributed by atoms with E-state index in [0.29, 0.717) is 13.0 Å². The van der Waals surface area contributed by atoms with Gasteiger partial charge in [-0.1, -0.05) is 28.1 Å². The van der Waals surface area contributed by atoms with E-state index >= 15 is 0 Å². The lowest BCUT2D eigenvalue weighted by atomic mass is 9.78. The van der Waals surface area contributed by atoms with Gasteiger partial charge in [0.2, 0.25) is 5.78 Å². The van der Waals surface area contributed by atoms with Crippen LogP contribution in [0.25, 0.3) is 0 Å². The first kappa shape index (κ1) is 24.1. The summed E-state index contributed by atoms with van der Waals surface area (Å²) >= 11 is 3.44. The van der Waals surface area contributed by atoms with Crippen LogP contribution in [0.5, 0.6) is 0 Å². The number of ketones is 1. The van der Waals surface area contributed by atoms with E-state index in [-0.39, 0.29) is 11.5 Å². The van der Waals surface area contributed by atoms with Crippen molar-refractivity contribution in [3.8, 4) is 0 Å². The number of carbonyl (C=O) groups is 3. The molecule has 8 nitrogen and oxygen atoms in total. The first-order chi connectivity index (χ1) is 15.1. The van der Waals surface area contributed by atoms with Crippen molar-refractivity contribution in [2.75, 3.05) is 6.61 Å². The van der Waals surface area contributed by atoms with Crippen LogP contribution in [0.2, 0.25) is 0 Å². The summed E-state index contributed by atoms with van der Waals surface area (Å²) in [6.45, 7) is 8.82. The fourth-order valence-corrected chi connectivity index (χ4v) is 4.44. The Morgan fingerprint density at radius 1 is 1.16 bits per heavy atom. The third kappa shape index (κ3) is 4.62. The molecule has 1 N–H and O–H groups in total. The molecule has 2 atom stereocenters. The number of nitrogens with zero attached hydrogens (tertiary/aromatic N) is 1. The number of benzene rings is 1. The van der Waals surface area contributed by atoms with Crippen molar-refractivity contribution in [1.82, 2.24) is 10.4 Å². The van der Waals surface area contributed by atoms with Gasteiger partial charge in [-0.05, 0) is 70.7 Å². The fourth-order valence-electron chi connectivity index (χ4n) is 4.18. The van der Waals surface area contributed by atoms with Crippen LogP contribution in [0.3, 0.4) is 0 Å². The largest absolute Gasteiger partial charge is 0.490 e. The number of carbonyl (C=O) groups excluding carboxylic acids is 3. The summed E-state index contributed by atoms with van der Waals surface area (Å²) < 4.78 is 17.2. The van der Waals surface area contributed by atoms with Crippen LogP contribution in [0, 0.1) is 0 Å². The average molecular weight is 509 g/mol. The number of hydrogen-bond acceptors (Lipinski definition) is 6. The van der Waals surface area contributed by atoms with Crippen LogP contribution in [-0.4, -0.2) is 47.3 Å². The maximum absolute atomic E-state index is 13.7. The maximum Gasteiger partial charge on any atom is 0.430 e. The van der Waals surface area contributed by atoms with Gasteiger partial charge in [0.05, 0.1) is 18.8 Å². The molecule has 2 aliphatic rings. The van der Waals surface area contributed by atoms with E-state index in [9.17, 15) is 14.4 Å². The molecule has 0 aromatic heterocycles. The molecule has 1 heterocycles. The lowest BCUT2D eigenvalue weighted by molar-refractivity contribution is -0.130. The van der Waals surface area contributed by atoms with Crippen LogP contribution in [0.4, 0.5) is 9.59 Å². The van der Waals surface area contributed by atoms with Crippen LogP contribution >= 0.6 is 15.9 Å². The summed E-state index contributed by atoms with van der Waals surface area (Å²) in [5.41, 5.74) is 2.60. The highest BCUT2D eigenvalue weighted by Gasteiger charge is 2.59. The van der Waals surface area contributed by atoms with Gasteiger partial charge in [-0.15, -0.1) is 0 Å². The van der Waals surface area contributed by atoms with Gasteiger partial charge in [0.25, 0.3) is 0 Å². The third-order valence-corrected chi connectivity index (χ3v) is 5.97. The number of hydrogen-bond donors (Lipinski definition) is 1. The summed E-state index contributed by atoms with van der Waals surface area (Å²) in [7, 11) is 0. The molecule has 2 amide bonds. The van der Waals surface area contributed by atoms with Crippen molar-refractivity contribution < 1.29 is 28.6 Å². The Hall–Kier alpha value is -2.55. The quantitative estimate of drug-likeness (QED) is 0.585. The molecule has 1 aromatic carbocycles. The molecule has 1 aliphatic heterocycles. The van der Waals surface area contributed by atoms with Crippen LogP contribution < -0.4 is 5.43 Å². The van der Waals surface area contributed by atoms with E-state index in [1.165, 1.54) is 0 Å². The van der Waals surface area contributed by atoms with Crippen molar-refractivity contribution in [3.63, 3.8) is 0 Å². The number of Topliss-reactive ketones (excluding diaryl/α,β-unsaturated/α-hetero) is 1. The van der Waals surface area contributed by atoms with Gasteiger partial charge in [0, 0.05) is 10.4 Å². The topological polar surface area (TPSA) is 94.2 Å². The molecule has 0 saturated carbocycles. The molecule has 0 spiro atoms. The highest BCUT2D eigenvalue weighted by molar-refractivity contribution is 9.10. The van der Waals surface area contributed by atoms with E-state index in [0.717, 1.165) is 27.0 Å². The summed E-state index contributed by atoms with van der Waals surface area (Å²) in [5, 5.41) is 0.967. The van der Waals surface area contributed by atoms with Crippen LogP contribution in [0.15, 0.2) is 40.1 Å². The Bertz CT molecular complexity index is 927. The lowest BCUT2D eigenvalue weighted by Gasteiger charge is -2.41. The Morgan fingerprint density at radius 2 is 1.78 bits per heavy atom. The number of halogens is 1. The maximum atomic E-state index is 13.7. The monoisotopic (exact) mass is 508 g/mol.